The van der Waals surface area contributed by atoms with Crippen LogP contribution in [0.4, 0.5) is 0 Å². The molecular formula is C4H18CoO10. The molecule has 0 amide bonds. The minimum absolute atomic E-state index is 0. The Morgan fingerprint density at radius 1 is 0.667 bits per heavy atom. The molecule has 0 saturated carbocycles. The van der Waals surface area contributed by atoms with E-state index in [0.717, 1.165) is 13.8 Å². The zero-order chi connectivity index (χ0) is 7.15. The molecule has 0 spiro atoms. The van der Waals surface area contributed by atoms with Crippen LogP contribution >= 0.6 is 0 Å². The summed E-state index contributed by atoms with van der Waals surface area (Å²) in [6.07, 6.45) is 0. The summed E-state index contributed by atoms with van der Waals surface area (Å²) in [5, 5.41) is 17.8. The van der Waals surface area contributed by atoms with Crippen LogP contribution in [0.3, 0.4) is 0 Å². The van der Waals surface area contributed by atoms with Gasteiger partial charge in [0.05, 0.1) is 0 Å². The topological polar surface area (TPSA) is 269 Å². The fourth-order valence-corrected chi connectivity index (χ4v) is 0. The third kappa shape index (κ3) is 2630. The Morgan fingerprint density at radius 2 is 0.667 bits per heavy atom. The minimum atomic E-state index is -1.08. The van der Waals surface area contributed by atoms with Crippen molar-refractivity contribution in [1.82, 2.24) is 0 Å². The Labute approximate surface area is 96.0 Å². The molecule has 0 heterocycles. The summed E-state index contributed by atoms with van der Waals surface area (Å²) < 4.78 is 0. The molecule has 1 radical (unpaired) electrons. The number of carboxylic acid groups (broad SMARTS) is 2. The van der Waals surface area contributed by atoms with Crippen molar-refractivity contribution in [3.8, 4) is 0 Å². The maximum atomic E-state index is 8.89. The van der Waals surface area contributed by atoms with Crippen LogP contribution in [0, 0.1) is 0 Å². The summed E-state index contributed by atoms with van der Waals surface area (Å²) in [5.74, 6) is -2.17. The van der Waals surface area contributed by atoms with Crippen LogP contribution in [-0.2, 0) is 26.4 Å². The van der Waals surface area contributed by atoms with E-state index in [0.29, 0.717) is 0 Å². The summed E-state index contributed by atoms with van der Waals surface area (Å²) in [5.41, 5.74) is 0. The molecule has 0 fully saturated rings. The van der Waals surface area contributed by atoms with Gasteiger partial charge in [-0.15, -0.1) is 0 Å². The zero-order valence-electron chi connectivity index (χ0n) is 7.97. The number of aliphatic carboxylic acids is 2. The summed E-state index contributed by atoms with van der Waals surface area (Å²) in [6.45, 7) is 1.94. The van der Waals surface area contributed by atoms with Crippen molar-refractivity contribution in [3.63, 3.8) is 0 Å². The van der Waals surface area contributed by atoms with Crippen molar-refractivity contribution in [1.29, 1.82) is 0 Å². The quantitative estimate of drug-likeness (QED) is 0.418. The molecule has 0 aliphatic carbocycles. The largest absolute Gasteiger partial charge is 2.00 e. The number of carbonyl (C=O) groups is 2. The van der Waals surface area contributed by atoms with Gasteiger partial charge in [-0.25, -0.2) is 0 Å². The van der Waals surface area contributed by atoms with Crippen molar-refractivity contribution < 1.29 is 69.4 Å². The normalized spacial score (nSPS) is 3.33. The van der Waals surface area contributed by atoms with Gasteiger partial charge < -0.3 is 52.7 Å². The van der Waals surface area contributed by atoms with E-state index in [4.69, 9.17) is 19.8 Å². The van der Waals surface area contributed by atoms with E-state index in [2.05, 4.69) is 0 Å². The number of hydrogen-bond acceptors (Lipinski definition) is 4. The molecule has 15 heavy (non-hydrogen) atoms. The number of hydrogen-bond donors (Lipinski definition) is 0. The zero-order valence-corrected chi connectivity index (χ0v) is 9.01. The minimum Gasteiger partial charge on any atom is -0.550 e. The van der Waals surface area contributed by atoms with Gasteiger partial charge in [-0.3, -0.25) is 0 Å². The second-order valence-corrected chi connectivity index (χ2v) is 0.983. The molecule has 0 aromatic rings. The van der Waals surface area contributed by atoms with Crippen molar-refractivity contribution >= 4 is 11.9 Å². The van der Waals surface area contributed by atoms with Gasteiger partial charge in [0, 0.05) is 11.9 Å². The SMILES string of the molecule is CC(=O)[O-].CC(=O)[O-].O.O.O.O.O.O.[Co+2]. The average Bonchev–Trinajstić information content (AvgIpc) is 1.25. The van der Waals surface area contributed by atoms with Gasteiger partial charge >= 0.3 is 16.8 Å². The van der Waals surface area contributed by atoms with Crippen LogP contribution in [0.25, 0.3) is 0 Å². The van der Waals surface area contributed by atoms with E-state index in [-0.39, 0.29) is 49.6 Å². The Morgan fingerprint density at radius 3 is 0.667 bits per heavy atom. The molecule has 103 valence electrons. The Hall–Kier alpha value is -0.794. The van der Waals surface area contributed by atoms with E-state index >= 15 is 0 Å². The smallest absolute Gasteiger partial charge is 0.550 e. The van der Waals surface area contributed by atoms with Gasteiger partial charge in [0.15, 0.2) is 0 Å². The van der Waals surface area contributed by atoms with Crippen molar-refractivity contribution in [2.45, 2.75) is 13.8 Å². The van der Waals surface area contributed by atoms with Crippen LogP contribution in [0.15, 0.2) is 0 Å². The maximum Gasteiger partial charge on any atom is 2.00 e. The first kappa shape index (κ1) is 91.4. The maximum absolute atomic E-state index is 8.89. The van der Waals surface area contributed by atoms with Crippen LogP contribution in [0.5, 0.6) is 0 Å². The molecule has 0 aliphatic rings. The first-order chi connectivity index (χ1) is 3.46. The molecule has 12 N–H and O–H groups in total. The molecule has 0 aliphatic heterocycles. The van der Waals surface area contributed by atoms with Gasteiger partial charge in [0.1, 0.15) is 0 Å². The predicted molar refractivity (Wildman–Crippen MR) is 43.0 cm³/mol. The Bertz CT molecular complexity index is 75.4. The van der Waals surface area contributed by atoms with E-state index in [1.807, 2.05) is 0 Å². The van der Waals surface area contributed by atoms with Gasteiger partial charge in [-0.05, 0) is 13.8 Å². The van der Waals surface area contributed by atoms with Gasteiger partial charge in [0.25, 0.3) is 0 Å². The second kappa shape index (κ2) is 72.6. The monoisotopic (exact) mass is 285 g/mol. The predicted octanol–water partition coefficient (Wildman–Crippen LogP) is -7.44. The van der Waals surface area contributed by atoms with Gasteiger partial charge in [-0.1, -0.05) is 0 Å². The van der Waals surface area contributed by atoms with Crippen molar-refractivity contribution in [2.75, 3.05) is 0 Å². The molecule has 0 aromatic carbocycles. The fraction of sp³-hybridized carbons (Fsp3) is 0.500. The summed E-state index contributed by atoms with van der Waals surface area (Å²) in [4.78, 5) is 17.8. The molecular weight excluding hydrogens is 267 g/mol. The van der Waals surface area contributed by atoms with Crippen LogP contribution in [0.1, 0.15) is 13.8 Å². The van der Waals surface area contributed by atoms with Crippen molar-refractivity contribution in [2.24, 2.45) is 0 Å². The van der Waals surface area contributed by atoms with E-state index in [1.165, 1.54) is 0 Å². The van der Waals surface area contributed by atoms with Crippen molar-refractivity contribution in [3.05, 3.63) is 0 Å². The van der Waals surface area contributed by atoms with E-state index in [9.17, 15) is 0 Å². The van der Waals surface area contributed by atoms with Crippen LogP contribution in [0.2, 0.25) is 0 Å². The first-order valence-corrected chi connectivity index (χ1v) is 1.82. The number of rotatable bonds is 0. The summed E-state index contributed by atoms with van der Waals surface area (Å²) in [6, 6.07) is 0. The molecule has 11 heteroatoms. The molecule has 0 unspecified atom stereocenters. The van der Waals surface area contributed by atoms with Crippen LogP contribution < -0.4 is 10.2 Å². The molecule has 0 aromatic heterocycles. The standard InChI is InChI=1S/2C2H4O2.Co.6H2O/c2*1-2(3)4;;;;;;;/h2*1H3,(H,3,4);;6*1H2/q;;+2;;;;;;/p-2. The number of carbonyl (C=O) groups excluding carboxylic acids is 2. The van der Waals surface area contributed by atoms with E-state index in [1.54, 1.807) is 0 Å². The summed E-state index contributed by atoms with van der Waals surface area (Å²) in [7, 11) is 0. The molecule has 0 bridgehead atoms. The third-order valence-electron chi connectivity index (χ3n) is 0. The Balaban J connectivity index is -0.00000000468. The number of carboxylic acids is 2. The first-order valence-electron chi connectivity index (χ1n) is 1.82. The van der Waals surface area contributed by atoms with Crippen LogP contribution in [-0.4, -0.2) is 44.8 Å². The third-order valence-corrected chi connectivity index (χ3v) is 0. The second-order valence-electron chi connectivity index (χ2n) is 0.983. The molecule has 0 atom stereocenters. The summed E-state index contributed by atoms with van der Waals surface area (Å²) >= 11 is 0. The van der Waals surface area contributed by atoms with E-state index < -0.39 is 11.9 Å². The molecule has 0 saturated heterocycles. The molecule has 0 rings (SSSR count). The van der Waals surface area contributed by atoms with Gasteiger partial charge in [0.2, 0.25) is 0 Å². The average molecular weight is 285 g/mol. The fourth-order valence-electron chi connectivity index (χ4n) is 0. The Kier molecular flexibility index (Phi) is 442. The van der Waals surface area contributed by atoms with Gasteiger partial charge in [-0.2, -0.15) is 0 Å². The molecule has 10 nitrogen and oxygen atoms in total.